The Morgan fingerprint density at radius 3 is 2.93 bits per heavy atom. The van der Waals surface area contributed by atoms with E-state index in [1.54, 1.807) is 0 Å². The van der Waals surface area contributed by atoms with Crippen LogP contribution >= 0.6 is 23.6 Å². The van der Waals surface area contributed by atoms with Crippen molar-refractivity contribution in [2.24, 2.45) is 0 Å². The van der Waals surface area contributed by atoms with Gasteiger partial charge in [0.1, 0.15) is 4.88 Å². The summed E-state index contributed by atoms with van der Waals surface area (Å²) in [5.41, 5.74) is 2.84. The molecule has 0 unspecified atom stereocenters. The van der Waals surface area contributed by atoms with E-state index in [1.807, 2.05) is 30.6 Å². The highest BCUT2D eigenvalue weighted by atomic mass is 32.1. The van der Waals surface area contributed by atoms with E-state index >= 15 is 0 Å². The number of aromatic nitrogens is 1. The molecular weight excluding hydrogens is 380 g/mol. The van der Waals surface area contributed by atoms with Gasteiger partial charge < -0.3 is 15.0 Å². The molecule has 1 aliphatic heterocycles. The Bertz CT molecular complexity index is 794. The summed E-state index contributed by atoms with van der Waals surface area (Å²) in [6.45, 7) is 6.48. The Morgan fingerprint density at radius 1 is 1.33 bits per heavy atom. The molecule has 1 aliphatic rings. The van der Waals surface area contributed by atoms with Crippen molar-refractivity contribution in [2.45, 2.75) is 19.9 Å². The molecule has 1 saturated heterocycles. The predicted molar refractivity (Wildman–Crippen MR) is 112 cm³/mol. The van der Waals surface area contributed by atoms with Crippen LogP contribution in [0.15, 0.2) is 29.8 Å². The van der Waals surface area contributed by atoms with Crippen molar-refractivity contribution in [3.8, 4) is 0 Å². The van der Waals surface area contributed by atoms with Crippen LogP contribution in [0.3, 0.4) is 0 Å². The maximum Gasteiger partial charge on any atom is 0.350 e. The van der Waals surface area contributed by atoms with Gasteiger partial charge in [-0.25, -0.2) is 4.79 Å². The third-order valence-electron chi connectivity index (χ3n) is 4.57. The second kappa shape index (κ2) is 9.25. The molecule has 3 heterocycles. The minimum atomic E-state index is -0.337. The Labute approximate surface area is 169 Å². The Balaban J connectivity index is 1.60. The van der Waals surface area contributed by atoms with Gasteiger partial charge in [0.2, 0.25) is 0 Å². The average Bonchev–Trinajstić information content (AvgIpc) is 2.89. The number of hydrogen-bond donors (Lipinski definition) is 1. The highest BCUT2D eigenvalue weighted by Crippen LogP contribution is 2.28. The van der Waals surface area contributed by atoms with Gasteiger partial charge in [-0.05, 0) is 48.6 Å². The second-order valence-electron chi connectivity index (χ2n) is 6.48. The van der Waals surface area contributed by atoms with Crippen molar-refractivity contribution in [3.63, 3.8) is 0 Å². The van der Waals surface area contributed by atoms with E-state index in [2.05, 4.69) is 26.2 Å². The summed E-state index contributed by atoms with van der Waals surface area (Å²) in [6, 6.07) is 6.02. The first-order chi connectivity index (χ1) is 13.1. The number of rotatable bonds is 4. The van der Waals surface area contributed by atoms with Gasteiger partial charge in [-0.2, -0.15) is 0 Å². The zero-order chi connectivity index (χ0) is 19.2. The van der Waals surface area contributed by atoms with Gasteiger partial charge in [0.05, 0.1) is 18.5 Å². The van der Waals surface area contributed by atoms with E-state index in [9.17, 15) is 4.79 Å². The molecule has 1 fully saturated rings. The molecule has 2 aromatic heterocycles. The topological polar surface area (TPSA) is 57.7 Å². The van der Waals surface area contributed by atoms with E-state index < -0.39 is 0 Å². The molecule has 0 aliphatic carbocycles. The van der Waals surface area contributed by atoms with Crippen LogP contribution < -0.4 is 5.32 Å². The lowest BCUT2D eigenvalue weighted by molar-refractivity contribution is 0.0607. The maximum absolute atomic E-state index is 12.0. The van der Waals surface area contributed by atoms with Crippen LogP contribution in [-0.4, -0.2) is 59.2 Å². The number of pyridine rings is 1. The molecule has 27 heavy (non-hydrogen) atoms. The number of thiophene rings is 1. The third kappa shape index (κ3) is 5.03. The summed E-state index contributed by atoms with van der Waals surface area (Å²) < 4.78 is 4.87. The third-order valence-corrected chi connectivity index (χ3v) is 6.00. The molecule has 2 aromatic rings. The van der Waals surface area contributed by atoms with Crippen LogP contribution in [0.5, 0.6) is 0 Å². The first kappa shape index (κ1) is 19.7. The largest absolute Gasteiger partial charge is 0.465 e. The highest BCUT2D eigenvalue weighted by Gasteiger charge is 2.21. The number of hydrogen-bond acceptors (Lipinski definition) is 6. The standard InChI is InChI=1S/C19H24N4O2S2/c1-14-13-27-17(18(24)25-2)16(14)21-19(26)23-9-5-8-22(10-11-23)12-15-6-3-4-7-20-15/h3-4,6-7,13H,5,8-12H2,1-2H3,(H,21,26). The van der Waals surface area contributed by atoms with Gasteiger partial charge in [0.25, 0.3) is 0 Å². The number of esters is 1. The van der Waals surface area contributed by atoms with Crippen LogP contribution in [0, 0.1) is 6.92 Å². The normalized spacial score (nSPS) is 15.3. The molecule has 144 valence electrons. The number of aryl methyl sites for hydroxylation is 1. The number of nitrogens with one attached hydrogen (secondary N) is 1. The van der Waals surface area contributed by atoms with Gasteiger partial charge in [0, 0.05) is 38.9 Å². The number of anilines is 1. The van der Waals surface area contributed by atoms with Crippen molar-refractivity contribution < 1.29 is 9.53 Å². The Hall–Kier alpha value is -2.03. The SMILES string of the molecule is COC(=O)c1scc(C)c1NC(=S)N1CCCN(Cc2ccccn2)CC1. The summed E-state index contributed by atoms with van der Waals surface area (Å²) in [5.74, 6) is -0.337. The minimum absolute atomic E-state index is 0.337. The Morgan fingerprint density at radius 2 is 2.19 bits per heavy atom. The van der Waals surface area contributed by atoms with Crippen molar-refractivity contribution in [2.75, 3.05) is 38.6 Å². The number of thiocarbonyl (C=S) groups is 1. The van der Waals surface area contributed by atoms with Crippen molar-refractivity contribution in [1.82, 2.24) is 14.8 Å². The molecule has 0 bridgehead atoms. The fourth-order valence-corrected chi connectivity index (χ4v) is 4.29. The Kier molecular flexibility index (Phi) is 6.76. The summed E-state index contributed by atoms with van der Waals surface area (Å²) >= 11 is 7.00. The van der Waals surface area contributed by atoms with Gasteiger partial charge in [-0.15, -0.1) is 11.3 Å². The van der Waals surface area contributed by atoms with Gasteiger partial charge >= 0.3 is 5.97 Å². The quantitative estimate of drug-likeness (QED) is 0.620. The summed E-state index contributed by atoms with van der Waals surface area (Å²) in [7, 11) is 1.39. The first-order valence-electron chi connectivity index (χ1n) is 8.93. The molecular formula is C19H24N4O2S2. The summed E-state index contributed by atoms with van der Waals surface area (Å²) in [5, 5.41) is 5.86. The van der Waals surface area contributed by atoms with Crippen molar-refractivity contribution >= 4 is 40.3 Å². The van der Waals surface area contributed by atoms with Gasteiger partial charge in [0.15, 0.2) is 5.11 Å². The molecule has 0 radical (unpaired) electrons. The molecule has 0 saturated carbocycles. The van der Waals surface area contributed by atoms with E-state index in [0.717, 1.165) is 56.1 Å². The van der Waals surface area contributed by atoms with Crippen LogP contribution in [0.25, 0.3) is 0 Å². The van der Waals surface area contributed by atoms with Crippen molar-refractivity contribution in [1.29, 1.82) is 0 Å². The number of carbonyl (C=O) groups excluding carboxylic acids is 1. The van der Waals surface area contributed by atoms with Crippen LogP contribution in [0.1, 0.15) is 27.3 Å². The monoisotopic (exact) mass is 404 g/mol. The number of ether oxygens (including phenoxy) is 1. The zero-order valence-electron chi connectivity index (χ0n) is 15.6. The molecule has 1 N–H and O–H groups in total. The minimum Gasteiger partial charge on any atom is -0.465 e. The molecule has 8 heteroatoms. The summed E-state index contributed by atoms with van der Waals surface area (Å²) in [4.78, 5) is 21.5. The van der Waals surface area contributed by atoms with E-state index in [0.29, 0.717) is 9.99 Å². The lowest BCUT2D eigenvalue weighted by Crippen LogP contribution is -2.38. The average molecular weight is 405 g/mol. The number of methoxy groups -OCH3 is 1. The van der Waals surface area contributed by atoms with E-state index in [-0.39, 0.29) is 5.97 Å². The van der Waals surface area contributed by atoms with Crippen LogP contribution in [0.2, 0.25) is 0 Å². The lowest BCUT2D eigenvalue weighted by atomic mass is 10.2. The molecule has 0 amide bonds. The fourth-order valence-electron chi connectivity index (χ4n) is 3.08. The maximum atomic E-state index is 12.0. The molecule has 0 spiro atoms. The molecule has 3 rings (SSSR count). The molecule has 0 aromatic carbocycles. The number of nitrogens with zero attached hydrogens (tertiary/aromatic N) is 3. The van der Waals surface area contributed by atoms with Gasteiger partial charge in [-0.3, -0.25) is 9.88 Å². The van der Waals surface area contributed by atoms with Crippen LogP contribution in [0.4, 0.5) is 5.69 Å². The highest BCUT2D eigenvalue weighted by molar-refractivity contribution is 7.80. The number of carbonyl (C=O) groups is 1. The second-order valence-corrected chi connectivity index (χ2v) is 7.75. The zero-order valence-corrected chi connectivity index (χ0v) is 17.2. The van der Waals surface area contributed by atoms with E-state index in [4.69, 9.17) is 17.0 Å². The molecule has 0 atom stereocenters. The fraction of sp³-hybridized carbons (Fsp3) is 0.421. The van der Waals surface area contributed by atoms with E-state index in [1.165, 1.54) is 18.4 Å². The summed E-state index contributed by atoms with van der Waals surface area (Å²) in [6.07, 6.45) is 2.86. The van der Waals surface area contributed by atoms with Crippen molar-refractivity contribution in [3.05, 3.63) is 45.9 Å². The smallest absolute Gasteiger partial charge is 0.350 e. The van der Waals surface area contributed by atoms with Crippen LogP contribution in [-0.2, 0) is 11.3 Å². The lowest BCUT2D eigenvalue weighted by Gasteiger charge is -2.25. The van der Waals surface area contributed by atoms with Gasteiger partial charge in [-0.1, -0.05) is 6.07 Å². The first-order valence-corrected chi connectivity index (χ1v) is 10.2. The molecule has 6 nitrogen and oxygen atoms in total. The predicted octanol–water partition coefficient (Wildman–Crippen LogP) is 3.14.